The van der Waals surface area contributed by atoms with E-state index in [1.165, 1.54) is 0 Å². The van der Waals surface area contributed by atoms with E-state index in [9.17, 15) is 9.90 Å². The van der Waals surface area contributed by atoms with Gasteiger partial charge in [-0.25, -0.2) is 4.98 Å². The summed E-state index contributed by atoms with van der Waals surface area (Å²) in [4.78, 5) is 18.0. The van der Waals surface area contributed by atoms with Crippen LogP contribution >= 0.6 is 15.9 Å². The van der Waals surface area contributed by atoms with E-state index in [1.54, 1.807) is 19.2 Å². The van der Waals surface area contributed by atoms with Crippen LogP contribution in [0.3, 0.4) is 0 Å². The molecule has 1 saturated heterocycles. The van der Waals surface area contributed by atoms with E-state index < -0.39 is 0 Å². The largest absolute Gasteiger partial charge is 0.393 e. The molecule has 1 aliphatic rings. The van der Waals surface area contributed by atoms with Gasteiger partial charge in [0.25, 0.3) is 0 Å². The molecule has 0 saturated carbocycles. The molecule has 2 rings (SSSR count). The van der Waals surface area contributed by atoms with Crippen LogP contribution in [-0.4, -0.2) is 46.6 Å². The maximum absolute atomic E-state index is 11.9. The Kier molecular flexibility index (Phi) is 4.90. The smallest absolute Gasteiger partial charge is 0.239 e. The fraction of sp³-hybridized carbons (Fsp3) is 0.538. The third kappa shape index (κ3) is 4.26. The Hall–Kier alpha value is -0.980. The first-order chi connectivity index (χ1) is 9.04. The van der Waals surface area contributed by atoms with Crippen LogP contribution in [0.5, 0.6) is 0 Å². The van der Waals surface area contributed by atoms with Crippen molar-refractivity contribution in [3.63, 3.8) is 0 Å². The topological polar surface area (TPSA) is 65.5 Å². The molecule has 2 atom stereocenters. The normalized spacial score (nSPS) is 21.3. The van der Waals surface area contributed by atoms with Crippen LogP contribution in [0.4, 0.5) is 5.82 Å². The molecule has 0 radical (unpaired) electrons. The van der Waals surface area contributed by atoms with E-state index in [2.05, 4.69) is 31.1 Å². The minimum absolute atomic E-state index is 0.0685. The van der Waals surface area contributed by atoms with E-state index in [4.69, 9.17) is 0 Å². The molecule has 0 aliphatic carbocycles. The maximum Gasteiger partial charge on any atom is 0.239 e. The lowest BCUT2D eigenvalue weighted by molar-refractivity contribution is -0.117. The second kappa shape index (κ2) is 6.45. The Morgan fingerprint density at radius 1 is 1.68 bits per heavy atom. The predicted octanol–water partition coefficient (Wildman–Crippen LogP) is 1.49. The van der Waals surface area contributed by atoms with Crippen molar-refractivity contribution in [3.05, 3.63) is 22.8 Å². The number of nitrogens with one attached hydrogen (secondary N) is 1. The molecule has 0 spiro atoms. The lowest BCUT2D eigenvalue weighted by atomic mass is 10.0. The molecule has 2 unspecified atom stereocenters. The number of amides is 1. The fourth-order valence-corrected chi connectivity index (χ4v) is 2.47. The summed E-state index contributed by atoms with van der Waals surface area (Å²) in [6.45, 7) is 3.79. The molecule has 2 heterocycles. The summed E-state index contributed by atoms with van der Waals surface area (Å²) in [6, 6.07) is 3.59. The fourth-order valence-electron chi connectivity index (χ4n) is 2.24. The van der Waals surface area contributed by atoms with E-state index in [1.807, 2.05) is 6.07 Å². The number of aromatic nitrogens is 1. The van der Waals surface area contributed by atoms with Gasteiger partial charge < -0.3 is 10.4 Å². The Labute approximate surface area is 121 Å². The van der Waals surface area contributed by atoms with Crippen LogP contribution in [0.2, 0.25) is 0 Å². The highest BCUT2D eigenvalue weighted by Gasteiger charge is 2.26. The molecule has 5 nitrogen and oxygen atoms in total. The second-order valence-electron chi connectivity index (χ2n) is 4.93. The average molecular weight is 328 g/mol. The highest BCUT2D eigenvalue weighted by molar-refractivity contribution is 9.10. The second-order valence-corrected chi connectivity index (χ2v) is 5.85. The molecule has 1 aromatic heterocycles. The van der Waals surface area contributed by atoms with Gasteiger partial charge in [-0.3, -0.25) is 9.69 Å². The van der Waals surface area contributed by atoms with Gasteiger partial charge in [0.1, 0.15) is 5.82 Å². The van der Waals surface area contributed by atoms with Gasteiger partial charge in [0.2, 0.25) is 5.91 Å². The number of halogens is 1. The van der Waals surface area contributed by atoms with Crippen molar-refractivity contribution in [2.45, 2.75) is 19.4 Å². The quantitative estimate of drug-likeness (QED) is 0.879. The van der Waals surface area contributed by atoms with Gasteiger partial charge in [-0.15, -0.1) is 0 Å². The zero-order valence-electron chi connectivity index (χ0n) is 10.8. The van der Waals surface area contributed by atoms with Crippen molar-refractivity contribution in [3.8, 4) is 0 Å². The minimum atomic E-state index is -0.304. The Morgan fingerprint density at radius 3 is 3.05 bits per heavy atom. The number of hydrogen-bond acceptors (Lipinski definition) is 4. The number of aliphatic hydroxyl groups is 1. The van der Waals surface area contributed by atoms with Crippen molar-refractivity contribution < 1.29 is 9.90 Å². The molecule has 104 valence electrons. The molecule has 1 aromatic rings. The molecule has 0 aromatic carbocycles. The highest BCUT2D eigenvalue weighted by Crippen LogP contribution is 2.19. The van der Waals surface area contributed by atoms with Gasteiger partial charge in [-0.05, 0) is 53.9 Å². The van der Waals surface area contributed by atoms with Crippen LogP contribution in [0, 0.1) is 5.92 Å². The van der Waals surface area contributed by atoms with Crippen molar-refractivity contribution in [1.82, 2.24) is 9.88 Å². The minimum Gasteiger partial charge on any atom is -0.393 e. The van der Waals surface area contributed by atoms with Crippen LogP contribution in [0.1, 0.15) is 13.3 Å². The molecule has 1 aliphatic heterocycles. The van der Waals surface area contributed by atoms with Crippen molar-refractivity contribution in [2.75, 3.05) is 25.0 Å². The summed E-state index contributed by atoms with van der Waals surface area (Å²) in [5.41, 5.74) is 0. The number of nitrogens with zero attached hydrogens (tertiary/aromatic N) is 2. The van der Waals surface area contributed by atoms with Crippen LogP contribution < -0.4 is 5.32 Å². The van der Waals surface area contributed by atoms with Crippen LogP contribution in [-0.2, 0) is 4.79 Å². The third-order valence-corrected chi connectivity index (χ3v) is 3.82. The first-order valence-electron chi connectivity index (χ1n) is 6.36. The number of rotatable bonds is 4. The number of carbonyl (C=O) groups excluding carboxylic acids is 1. The molecular formula is C13H18BrN3O2. The van der Waals surface area contributed by atoms with Gasteiger partial charge >= 0.3 is 0 Å². The zero-order valence-corrected chi connectivity index (χ0v) is 12.4. The number of aliphatic hydroxyl groups excluding tert-OH is 1. The summed E-state index contributed by atoms with van der Waals surface area (Å²) in [7, 11) is 0. The number of pyridine rings is 1. The van der Waals surface area contributed by atoms with Crippen LogP contribution in [0.25, 0.3) is 0 Å². The van der Waals surface area contributed by atoms with E-state index in [0.29, 0.717) is 12.4 Å². The summed E-state index contributed by atoms with van der Waals surface area (Å²) in [5.74, 6) is 0.763. The monoisotopic (exact) mass is 327 g/mol. The molecule has 6 heteroatoms. The SMILES string of the molecule is CC(O)C1CCN(CC(=O)Nc2ccc(Br)cn2)C1. The molecule has 2 N–H and O–H groups in total. The number of hydrogen-bond donors (Lipinski definition) is 2. The predicted molar refractivity (Wildman–Crippen MR) is 76.8 cm³/mol. The van der Waals surface area contributed by atoms with E-state index >= 15 is 0 Å². The number of likely N-dealkylation sites (tertiary alicyclic amines) is 1. The van der Waals surface area contributed by atoms with Gasteiger partial charge in [0.15, 0.2) is 0 Å². The summed E-state index contributed by atoms with van der Waals surface area (Å²) >= 11 is 3.30. The molecular weight excluding hydrogens is 310 g/mol. The van der Waals surface area contributed by atoms with Gasteiger partial charge in [0, 0.05) is 17.2 Å². The summed E-state index contributed by atoms with van der Waals surface area (Å²) in [6.07, 6.45) is 2.29. The summed E-state index contributed by atoms with van der Waals surface area (Å²) < 4.78 is 0.879. The van der Waals surface area contributed by atoms with Crippen LogP contribution in [0.15, 0.2) is 22.8 Å². The van der Waals surface area contributed by atoms with Crippen molar-refractivity contribution in [2.24, 2.45) is 5.92 Å². The zero-order chi connectivity index (χ0) is 13.8. The lowest BCUT2D eigenvalue weighted by Crippen LogP contribution is -2.32. The number of anilines is 1. The average Bonchev–Trinajstić information content (AvgIpc) is 2.80. The molecule has 1 fully saturated rings. The Bertz CT molecular complexity index is 436. The van der Waals surface area contributed by atoms with Crippen molar-refractivity contribution >= 4 is 27.7 Å². The summed E-state index contributed by atoms with van der Waals surface area (Å²) in [5, 5.41) is 12.3. The Morgan fingerprint density at radius 2 is 2.47 bits per heavy atom. The first kappa shape index (κ1) is 14.4. The van der Waals surface area contributed by atoms with Gasteiger partial charge in [-0.1, -0.05) is 0 Å². The van der Waals surface area contributed by atoms with Gasteiger partial charge in [-0.2, -0.15) is 0 Å². The van der Waals surface area contributed by atoms with Gasteiger partial charge in [0.05, 0.1) is 12.6 Å². The standard InChI is InChI=1S/C13H18BrN3O2/c1-9(18)10-4-5-17(7-10)8-13(19)16-12-3-2-11(14)6-15-12/h2-3,6,9-10,18H,4-5,7-8H2,1H3,(H,15,16,19). The third-order valence-electron chi connectivity index (χ3n) is 3.35. The number of carbonyl (C=O) groups is 1. The highest BCUT2D eigenvalue weighted by atomic mass is 79.9. The molecule has 1 amide bonds. The van der Waals surface area contributed by atoms with E-state index in [0.717, 1.165) is 24.0 Å². The first-order valence-corrected chi connectivity index (χ1v) is 7.15. The maximum atomic E-state index is 11.9. The molecule has 19 heavy (non-hydrogen) atoms. The Balaban J connectivity index is 1.80. The molecule has 0 bridgehead atoms. The lowest BCUT2D eigenvalue weighted by Gasteiger charge is -2.16. The van der Waals surface area contributed by atoms with E-state index in [-0.39, 0.29) is 17.9 Å². The van der Waals surface area contributed by atoms with Crippen molar-refractivity contribution in [1.29, 1.82) is 0 Å².